The number of nitrogens with zero attached hydrogens (tertiary/aromatic N) is 1. The van der Waals surface area contributed by atoms with E-state index in [0.717, 1.165) is 35.1 Å². The fraction of sp³-hybridized carbons (Fsp3) is 0.200. The van der Waals surface area contributed by atoms with Gasteiger partial charge in [0, 0.05) is 30.2 Å². The third kappa shape index (κ3) is 3.44. The molecule has 0 radical (unpaired) electrons. The molecule has 4 nitrogen and oxygen atoms in total. The molecule has 1 amide bonds. The predicted molar refractivity (Wildman–Crippen MR) is 98.1 cm³/mol. The van der Waals surface area contributed by atoms with E-state index in [1.165, 1.54) is 0 Å². The Bertz CT molecular complexity index is 831. The summed E-state index contributed by atoms with van der Waals surface area (Å²) in [5, 5.41) is 8.05. The number of carbonyl (C=O) groups excluding carboxylic acids is 1. The van der Waals surface area contributed by atoms with Gasteiger partial charge in [0.2, 0.25) is 0 Å². The van der Waals surface area contributed by atoms with Crippen molar-refractivity contribution in [2.24, 2.45) is 0 Å². The summed E-state index contributed by atoms with van der Waals surface area (Å²) < 4.78 is 0. The minimum Gasteiger partial charge on any atom is -0.351 e. The lowest BCUT2D eigenvalue weighted by Gasteiger charge is -2.11. The van der Waals surface area contributed by atoms with Crippen molar-refractivity contribution in [1.29, 1.82) is 0 Å². The van der Waals surface area contributed by atoms with E-state index in [0.29, 0.717) is 12.1 Å². The lowest BCUT2D eigenvalue weighted by atomic mass is 10.0. The van der Waals surface area contributed by atoms with Crippen LogP contribution in [0.5, 0.6) is 0 Å². The normalized spacial score (nSPS) is 10.7. The minimum absolute atomic E-state index is 0.0868. The Morgan fingerprint density at radius 3 is 2.42 bits per heavy atom. The number of carbonyl (C=O) groups is 1. The Balaban J connectivity index is 1.95. The topological polar surface area (TPSA) is 54.0 Å². The zero-order valence-electron chi connectivity index (χ0n) is 13.8. The lowest BCUT2D eigenvalue weighted by molar-refractivity contribution is 0.0955. The first-order valence-corrected chi connectivity index (χ1v) is 8.23. The van der Waals surface area contributed by atoms with Gasteiger partial charge >= 0.3 is 0 Å². The lowest BCUT2D eigenvalue weighted by Crippen LogP contribution is -2.31. The van der Waals surface area contributed by atoms with Crippen molar-refractivity contribution >= 4 is 16.7 Å². The molecule has 0 spiro atoms. The van der Waals surface area contributed by atoms with Crippen molar-refractivity contribution in [2.45, 2.75) is 6.92 Å². The van der Waals surface area contributed by atoms with Gasteiger partial charge in [-0.15, -0.1) is 0 Å². The number of hydrogen-bond donors (Lipinski definition) is 2. The largest absolute Gasteiger partial charge is 0.351 e. The summed E-state index contributed by atoms with van der Waals surface area (Å²) in [6.07, 6.45) is 1.67. The molecule has 0 bridgehead atoms. The van der Waals surface area contributed by atoms with E-state index in [2.05, 4.69) is 15.6 Å². The van der Waals surface area contributed by atoms with E-state index in [1.54, 1.807) is 6.20 Å². The highest BCUT2D eigenvalue weighted by molar-refractivity contribution is 6.09. The van der Waals surface area contributed by atoms with Gasteiger partial charge in [-0.25, -0.2) is 0 Å². The molecule has 0 atom stereocenters. The Morgan fingerprint density at radius 2 is 1.67 bits per heavy atom. The highest BCUT2D eigenvalue weighted by Gasteiger charge is 2.13. The fourth-order valence-electron chi connectivity index (χ4n) is 2.74. The third-order valence-corrected chi connectivity index (χ3v) is 3.92. The van der Waals surface area contributed by atoms with Gasteiger partial charge in [-0.1, -0.05) is 61.5 Å². The van der Waals surface area contributed by atoms with Crippen LogP contribution in [0, 0.1) is 0 Å². The van der Waals surface area contributed by atoms with Gasteiger partial charge in [-0.3, -0.25) is 9.78 Å². The Kier molecular flexibility index (Phi) is 5.18. The van der Waals surface area contributed by atoms with Gasteiger partial charge in [-0.05, 0) is 11.9 Å². The molecular formula is C20H21N3O. The Labute approximate surface area is 141 Å². The van der Waals surface area contributed by atoms with E-state index in [1.807, 2.05) is 61.5 Å². The molecule has 1 heterocycles. The summed E-state index contributed by atoms with van der Waals surface area (Å²) in [4.78, 5) is 17.1. The van der Waals surface area contributed by atoms with Crippen LogP contribution < -0.4 is 10.6 Å². The second-order valence-corrected chi connectivity index (χ2v) is 5.54. The molecule has 122 valence electrons. The van der Waals surface area contributed by atoms with E-state index < -0.39 is 0 Å². The molecule has 2 N–H and O–H groups in total. The van der Waals surface area contributed by atoms with Crippen LogP contribution in [0.25, 0.3) is 22.0 Å². The molecule has 4 heteroatoms. The molecule has 24 heavy (non-hydrogen) atoms. The molecule has 0 aliphatic heterocycles. The van der Waals surface area contributed by atoms with Gasteiger partial charge in [-0.2, -0.15) is 0 Å². The number of fused-ring (bicyclic) bond motifs is 1. The number of aromatic nitrogens is 1. The Morgan fingerprint density at radius 1 is 0.958 bits per heavy atom. The maximum Gasteiger partial charge on any atom is 0.253 e. The summed E-state index contributed by atoms with van der Waals surface area (Å²) in [5.74, 6) is -0.0868. The number of benzene rings is 2. The van der Waals surface area contributed by atoms with E-state index in [-0.39, 0.29) is 5.91 Å². The van der Waals surface area contributed by atoms with Gasteiger partial charge in [0.15, 0.2) is 0 Å². The second kappa shape index (κ2) is 7.70. The van der Waals surface area contributed by atoms with Gasteiger partial charge in [0.05, 0.1) is 11.3 Å². The summed E-state index contributed by atoms with van der Waals surface area (Å²) >= 11 is 0. The highest BCUT2D eigenvalue weighted by atomic mass is 16.1. The average Bonchev–Trinajstić information content (AvgIpc) is 2.65. The zero-order valence-corrected chi connectivity index (χ0v) is 13.8. The van der Waals surface area contributed by atoms with E-state index >= 15 is 0 Å². The zero-order chi connectivity index (χ0) is 16.8. The number of amides is 1. The molecule has 0 aliphatic rings. The maximum absolute atomic E-state index is 12.5. The molecule has 0 saturated carbocycles. The number of nitrogens with one attached hydrogen (secondary N) is 2. The van der Waals surface area contributed by atoms with Crippen LogP contribution in [-0.2, 0) is 0 Å². The summed E-state index contributed by atoms with van der Waals surface area (Å²) in [5.41, 5.74) is 2.56. The number of rotatable bonds is 6. The molecule has 3 aromatic rings. The molecule has 0 aliphatic carbocycles. The van der Waals surface area contributed by atoms with Crippen LogP contribution in [-0.4, -0.2) is 30.5 Å². The fourth-order valence-corrected chi connectivity index (χ4v) is 2.74. The van der Waals surface area contributed by atoms with Crippen molar-refractivity contribution < 1.29 is 4.79 Å². The quantitative estimate of drug-likeness (QED) is 0.686. The van der Waals surface area contributed by atoms with Gasteiger partial charge < -0.3 is 10.6 Å². The van der Waals surface area contributed by atoms with Gasteiger partial charge in [0.25, 0.3) is 5.91 Å². The van der Waals surface area contributed by atoms with Crippen LogP contribution >= 0.6 is 0 Å². The maximum atomic E-state index is 12.5. The van der Waals surface area contributed by atoms with Crippen molar-refractivity contribution in [2.75, 3.05) is 19.6 Å². The highest BCUT2D eigenvalue weighted by Crippen LogP contribution is 2.28. The summed E-state index contributed by atoms with van der Waals surface area (Å²) in [6.45, 7) is 4.30. The Hall–Kier alpha value is -2.72. The summed E-state index contributed by atoms with van der Waals surface area (Å²) in [7, 11) is 0. The molecule has 0 unspecified atom stereocenters. The minimum atomic E-state index is -0.0868. The summed E-state index contributed by atoms with van der Waals surface area (Å²) in [6, 6.07) is 18.0. The van der Waals surface area contributed by atoms with Crippen LogP contribution in [0.3, 0.4) is 0 Å². The van der Waals surface area contributed by atoms with Crippen LogP contribution in [0.4, 0.5) is 0 Å². The van der Waals surface area contributed by atoms with E-state index in [9.17, 15) is 4.79 Å². The van der Waals surface area contributed by atoms with Crippen molar-refractivity contribution in [3.63, 3.8) is 0 Å². The first-order valence-electron chi connectivity index (χ1n) is 8.23. The van der Waals surface area contributed by atoms with Gasteiger partial charge in [0.1, 0.15) is 0 Å². The molecule has 1 aromatic heterocycles. The molecular weight excluding hydrogens is 298 g/mol. The number of pyridine rings is 1. The van der Waals surface area contributed by atoms with Crippen LogP contribution in [0.2, 0.25) is 0 Å². The number of likely N-dealkylation sites (N-methyl/N-ethyl adjacent to an activating group) is 1. The smallest absolute Gasteiger partial charge is 0.253 e. The average molecular weight is 319 g/mol. The van der Waals surface area contributed by atoms with Crippen molar-refractivity contribution in [3.05, 3.63) is 66.4 Å². The molecule has 0 fully saturated rings. The van der Waals surface area contributed by atoms with Crippen LogP contribution in [0.1, 0.15) is 17.3 Å². The predicted octanol–water partition coefficient (Wildman–Crippen LogP) is 3.24. The molecule has 2 aromatic carbocycles. The van der Waals surface area contributed by atoms with Crippen molar-refractivity contribution in [1.82, 2.24) is 15.6 Å². The third-order valence-electron chi connectivity index (χ3n) is 3.92. The first-order chi connectivity index (χ1) is 11.8. The standard InChI is InChI=1S/C20H21N3O/c1-2-21-12-13-22-20(24)18-14-23-19(15-8-4-3-5-9-15)17-11-7-6-10-16(17)18/h3-11,14,21H,2,12-13H2,1H3,(H,22,24). The SMILES string of the molecule is CCNCCNC(=O)c1cnc(-c2ccccc2)c2ccccc12. The molecule has 3 rings (SSSR count). The monoisotopic (exact) mass is 319 g/mol. The second-order valence-electron chi connectivity index (χ2n) is 5.54. The van der Waals surface area contributed by atoms with Crippen LogP contribution in [0.15, 0.2) is 60.8 Å². The van der Waals surface area contributed by atoms with E-state index in [4.69, 9.17) is 0 Å². The first kappa shape index (κ1) is 16.1. The number of hydrogen-bond acceptors (Lipinski definition) is 3. The van der Waals surface area contributed by atoms with Crippen molar-refractivity contribution in [3.8, 4) is 11.3 Å². The molecule has 0 saturated heterocycles.